The quantitative estimate of drug-likeness (QED) is 0.0299. The number of hydrogen-bond acceptors (Lipinski definition) is 4. The van der Waals surface area contributed by atoms with Gasteiger partial charge in [0.25, 0.3) is 0 Å². The Hall–Kier alpha value is -0.135. The molecule has 0 heterocycles. The van der Waals surface area contributed by atoms with Crippen molar-refractivity contribution in [2.45, 2.75) is 232 Å². The molecular formula is C43H90BNO4+. The molecule has 0 aliphatic carbocycles. The highest BCUT2D eigenvalue weighted by atomic mass is 16.5. The number of ether oxygens (including phenoxy) is 2. The van der Waals surface area contributed by atoms with Gasteiger partial charge in [-0.25, -0.2) is 0 Å². The number of quaternary nitrogens is 1. The van der Waals surface area contributed by atoms with Gasteiger partial charge in [-0.2, -0.15) is 0 Å². The highest BCUT2D eigenvalue weighted by molar-refractivity contribution is 6.15. The Morgan fingerprint density at radius 2 is 0.796 bits per heavy atom. The number of rotatable bonds is 43. The van der Waals surface area contributed by atoms with Crippen molar-refractivity contribution in [2.75, 3.05) is 46.7 Å². The number of likely N-dealkylation sites (N-methyl/N-ethyl adjacent to an activating group) is 1. The lowest BCUT2D eigenvalue weighted by molar-refractivity contribution is -0.926. The molecule has 49 heavy (non-hydrogen) atoms. The third kappa shape index (κ3) is 37.4. The highest BCUT2D eigenvalue weighted by Crippen LogP contribution is 2.16. The zero-order chi connectivity index (χ0) is 35.8. The van der Waals surface area contributed by atoms with Crippen molar-refractivity contribution in [2.24, 2.45) is 0 Å². The van der Waals surface area contributed by atoms with Crippen LogP contribution in [0.25, 0.3) is 0 Å². The third-order valence-corrected chi connectivity index (χ3v) is 10.7. The molecule has 0 bridgehead atoms. The van der Waals surface area contributed by atoms with Gasteiger partial charge in [0, 0.05) is 13.2 Å². The van der Waals surface area contributed by atoms with Crippen molar-refractivity contribution in [3.8, 4) is 0 Å². The van der Waals surface area contributed by atoms with Crippen molar-refractivity contribution in [3.05, 3.63) is 0 Å². The summed E-state index contributed by atoms with van der Waals surface area (Å²) in [7, 11) is 2.98. The minimum Gasteiger partial charge on any atom is -0.429 e. The minimum atomic E-state index is 0.0599. The van der Waals surface area contributed by atoms with Crippen LogP contribution in [0.5, 0.6) is 0 Å². The van der Waals surface area contributed by atoms with E-state index in [4.69, 9.17) is 19.2 Å². The summed E-state index contributed by atoms with van der Waals surface area (Å²) in [5, 5.41) is 9.08. The van der Waals surface area contributed by atoms with Crippen molar-refractivity contribution in [1.82, 2.24) is 0 Å². The number of hydrogen-bond donors (Lipinski definition) is 1. The average molecular weight is 696 g/mol. The predicted octanol–water partition coefficient (Wildman–Crippen LogP) is 12.9. The summed E-state index contributed by atoms with van der Waals surface area (Å²) in [6.45, 7) is 11.3. The number of unbranched alkanes of at least 4 members (excludes halogenated alkanes) is 30. The van der Waals surface area contributed by atoms with E-state index in [2.05, 4.69) is 27.8 Å². The molecular weight excluding hydrogens is 605 g/mol. The summed E-state index contributed by atoms with van der Waals surface area (Å²) >= 11 is 0. The molecule has 0 aliphatic heterocycles. The lowest BCUT2D eigenvalue weighted by Crippen LogP contribution is -2.52. The van der Waals surface area contributed by atoms with Crippen LogP contribution in [-0.4, -0.2) is 70.0 Å². The Bertz CT molecular complexity index is 612. The van der Waals surface area contributed by atoms with E-state index in [0.717, 1.165) is 46.8 Å². The SMILES string of the molecule is CCCCCCCCCCCCCCCCCCOCC(C[N+](C)(CC)CO[B]O)OCCCCCCCCCCCCCCCCCC. The Labute approximate surface area is 309 Å². The minimum absolute atomic E-state index is 0.0599. The molecule has 0 aromatic heterocycles. The lowest BCUT2D eigenvalue weighted by Gasteiger charge is -2.35. The van der Waals surface area contributed by atoms with E-state index >= 15 is 0 Å². The van der Waals surface area contributed by atoms with Crippen LogP contribution in [0.2, 0.25) is 0 Å². The van der Waals surface area contributed by atoms with Gasteiger partial charge in [0.2, 0.25) is 0 Å². The van der Waals surface area contributed by atoms with Gasteiger partial charge in [0.15, 0.2) is 6.73 Å². The van der Waals surface area contributed by atoms with Gasteiger partial charge in [0.05, 0.1) is 20.2 Å². The third-order valence-electron chi connectivity index (χ3n) is 10.7. The molecule has 0 saturated carbocycles. The van der Waals surface area contributed by atoms with E-state index in [0.29, 0.717) is 17.8 Å². The smallest absolute Gasteiger partial charge is 0.429 e. The van der Waals surface area contributed by atoms with Gasteiger partial charge in [-0.15, -0.1) is 0 Å². The van der Waals surface area contributed by atoms with Gasteiger partial charge in [0.1, 0.15) is 12.6 Å². The predicted molar refractivity (Wildman–Crippen MR) is 215 cm³/mol. The van der Waals surface area contributed by atoms with Crippen LogP contribution in [-0.2, 0) is 14.1 Å². The first-order chi connectivity index (χ1) is 24.1. The summed E-state index contributed by atoms with van der Waals surface area (Å²) in [6.07, 6.45) is 44.5. The van der Waals surface area contributed by atoms with Crippen LogP contribution in [0.1, 0.15) is 226 Å². The first kappa shape index (κ1) is 48.9. The number of nitrogens with zero attached hydrogens (tertiary/aromatic N) is 1. The fourth-order valence-electron chi connectivity index (χ4n) is 7.00. The molecule has 2 atom stereocenters. The molecule has 2 unspecified atom stereocenters. The van der Waals surface area contributed by atoms with Crippen LogP contribution in [0.4, 0.5) is 0 Å². The molecule has 0 amide bonds. The van der Waals surface area contributed by atoms with Crippen molar-refractivity contribution in [3.63, 3.8) is 0 Å². The Morgan fingerprint density at radius 1 is 0.469 bits per heavy atom. The molecule has 1 N–H and O–H groups in total. The van der Waals surface area contributed by atoms with Gasteiger partial charge >= 0.3 is 7.69 Å². The summed E-state index contributed by atoms with van der Waals surface area (Å²) in [5.41, 5.74) is 0. The average Bonchev–Trinajstić information content (AvgIpc) is 3.11. The molecule has 293 valence electrons. The molecule has 0 spiro atoms. The summed E-state index contributed by atoms with van der Waals surface area (Å²) in [4.78, 5) is 0. The van der Waals surface area contributed by atoms with Gasteiger partial charge in [-0.3, -0.25) is 0 Å². The van der Waals surface area contributed by atoms with E-state index in [9.17, 15) is 0 Å². The zero-order valence-corrected chi connectivity index (χ0v) is 34.1. The molecule has 0 aliphatic rings. The summed E-state index contributed by atoms with van der Waals surface area (Å²) < 4.78 is 18.5. The van der Waals surface area contributed by atoms with Crippen LogP contribution in [0, 0.1) is 0 Å². The molecule has 0 saturated heterocycles. The van der Waals surface area contributed by atoms with E-state index in [1.165, 1.54) is 193 Å². The van der Waals surface area contributed by atoms with Crippen molar-refractivity contribution >= 4 is 7.69 Å². The Morgan fingerprint density at radius 3 is 1.12 bits per heavy atom. The van der Waals surface area contributed by atoms with Crippen molar-refractivity contribution < 1.29 is 23.6 Å². The first-order valence-electron chi connectivity index (χ1n) is 22.2. The van der Waals surface area contributed by atoms with E-state index in [-0.39, 0.29) is 6.10 Å². The summed E-state index contributed by atoms with van der Waals surface area (Å²) in [6, 6.07) is 0. The van der Waals surface area contributed by atoms with E-state index in [1.54, 1.807) is 0 Å². The zero-order valence-electron chi connectivity index (χ0n) is 34.1. The topological polar surface area (TPSA) is 47.9 Å². The maximum absolute atomic E-state index is 9.08. The maximum Gasteiger partial charge on any atom is 0.489 e. The second-order valence-electron chi connectivity index (χ2n) is 15.7. The Kier molecular flexibility index (Phi) is 40.5. The largest absolute Gasteiger partial charge is 0.489 e. The molecule has 0 rings (SSSR count). The van der Waals surface area contributed by atoms with Gasteiger partial charge < -0.3 is 23.6 Å². The van der Waals surface area contributed by atoms with Crippen LogP contribution in [0.15, 0.2) is 0 Å². The van der Waals surface area contributed by atoms with Gasteiger partial charge in [-0.05, 0) is 19.8 Å². The normalized spacial score (nSPS) is 13.6. The van der Waals surface area contributed by atoms with Crippen LogP contribution in [0.3, 0.4) is 0 Å². The van der Waals surface area contributed by atoms with E-state index < -0.39 is 0 Å². The maximum atomic E-state index is 9.08. The molecule has 0 fully saturated rings. The fraction of sp³-hybridized carbons (Fsp3) is 1.00. The monoisotopic (exact) mass is 696 g/mol. The second kappa shape index (κ2) is 40.6. The molecule has 0 aromatic carbocycles. The highest BCUT2D eigenvalue weighted by Gasteiger charge is 2.26. The van der Waals surface area contributed by atoms with Crippen LogP contribution >= 0.6 is 0 Å². The lowest BCUT2D eigenvalue weighted by atomic mass is 10.0. The summed E-state index contributed by atoms with van der Waals surface area (Å²) in [5.74, 6) is 0. The molecule has 6 heteroatoms. The molecule has 0 aromatic rings. The standard InChI is InChI=1S/C43H90BNO4/c1-5-8-10-12-14-16-18-20-22-24-26-28-30-32-34-36-38-47-41-43(40-45(4,7-3)42-49-44-46)48-39-37-35-33-31-29-27-25-23-21-19-17-15-13-11-9-6-2/h43,46H,5-42H2,1-4H3/q+1. The second-order valence-corrected chi connectivity index (χ2v) is 15.7. The van der Waals surface area contributed by atoms with E-state index in [1.807, 2.05) is 0 Å². The first-order valence-corrected chi connectivity index (χ1v) is 22.2. The fourth-order valence-corrected chi connectivity index (χ4v) is 7.00. The Balaban J connectivity index is 3.90. The van der Waals surface area contributed by atoms with Crippen LogP contribution < -0.4 is 0 Å². The molecule has 5 nitrogen and oxygen atoms in total. The molecule has 1 radical (unpaired) electrons. The van der Waals surface area contributed by atoms with Crippen molar-refractivity contribution in [1.29, 1.82) is 0 Å². The van der Waals surface area contributed by atoms with Gasteiger partial charge in [-0.1, -0.05) is 206 Å².